The summed E-state index contributed by atoms with van der Waals surface area (Å²) >= 11 is 5.91. The van der Waals surface area contributed by atoms with E-state index >= 15 is 0 Å². The highest BCUT2D eigenvalue weighted by Gasteiger charge is 2.30. The van der Waals surface area contributed by atoms with Crippen LogP contribution in [0.1, 0.15) is 11.3 Å². The first-order valence-corrected chi connectivity index (χ1v) is 5.73. The standard InChI is InChI=1S/C13H9ClF3NO/c14-12-11(5-4-10(7-19)18-12)8-2-1-3-9(6-8)13(15,16)17/h1-6,19H,7H2. The molecule has 0 amide bonds. The Morgan fingerprint density at radius 3 is 2.47 bits per heavy atom. The molecule has 1 aromatic heterocycles. The maximum Gasteiger partial charge on any atom is 0.416 e. The van der Waals surface area contributed by atoms with Crippen molar-refractivity contribution in [2.24, 2.45) is 0 Å². The molecule has 1 heterocycles. The van der Waals surface area contributed by atoms with Crippen LogP contribution in [0.3, 0.4) is 0 Å². The van der Waals surface area contributed by atoms with Crippen LogP contribution < -0.4 is 0 Å². The van der Waals surface area contributed by atoms with Crippen molar-refractivity contribution in [3.63, 3.8) is 0 Å². The summed E-state index contributed by atoms with van der Waals surface area (Å²) in [6.07, 6.45) is -4.40. The molecular formula is C13H9ClF3NO. The lowest BCUT2D eigenvalue weighted by atomic mass is 10.0. The predicted molar refractivity (Wildman–Crippen MR) is 65.6 cm³/mol. The lowest BCUT2D eigenvalue weighted by Gasteiger charge is -2.10. The van der Waals surface area contributed by atoms with Gasteiger partial charge in [-0.2, -0.15) is 13.2 Å². The number of nitrogens with zero attached hydrogens (tertiary/aromatic N) is 1. The average molecular weight is 288 g/mol. The van der Waals surface area contributed by atoms with Crippen LogP contribution in [-0.2, 0) is 12.8 Å². The van der Waals surface area contributed by atoms with E-state index in [1.165, 1.54) is 24.3 Å². The van der Waals surface area contributed by atoms with Gasteiger partial charge in [-0.1, -0.05) is 23.7 Å². The number of pyridine rings is 1. The fourth-order valence-corrected chi connectivity index (χ4v) is 1.92. The second-order valence-corrected chi connectivity index (χ2v) is 4.24. The van der Waals surface area contributed by atoms with Gasteiger partial charge in [-0.25, -0.2) is 4.98 Å². The van der Waals surface area contributed by atoms with E-state index in [2.05, 4.69) is 4.98 Å². The molecule has 0 saturated heterocycles. The number of hydrogen-bond acceptors (Lipinski definition) is 2. The third-order valence-electron chi connectivity index (χ3n) is 2.57. The summed E-state index contributed by atoms with van der Waals surface area (Å²) < 4.78 is 37.9. The van der Waals surface area contributed by atoms with Gasteiger partial charge >= 0.3 is 6.18 Å². The Labute approximate surface area is 112 Å². The number of hydrogen-bond donors (Lipinski definition) is 1. The monoisotopic (exact) mass is 287 g/mol. The maximum absolute atomic E-state index is 12.6. The first-order valence-electron chi connectivity index (χ1n) is 5.35. The SMILES string of the molecule is OCc1ccc(-c2cccc(C(F)(F)F)c2)c(Cl)n1. The Bertz CT molecular complexity index is 599. The van der Waals surface area contributed by atoms with E-state index in [-0.39, 0.29) is 11.8 Å². The quantitative estimate of drug-likeness (QED) is 0.850. The second kappa shape index (κ2) is 5.19. The van der Waals surface area contributed by atoms with Gasteiger partial charge < -0.3 is 5.11 Å². The lowest BCUT2D eigenvalue weighted by molar-refractivity contribution is -0.137. The summed E-state index contributed by atoms with van der Waals surface area (Å²) in [5.41, 5.74) is 0.342. The Balaban J connectivity index is 2.48. The number of rotatable bonds is 2. The molecule has 0 aliphatic rings. The lowest BCUT2D eigenvalue weighted by Crippen LogP contribution is -2.04. The normalized spacial score (nSPS) is 11.6. The van der Waals surface area contributed by atoms with Crippen LogP contribution in [0.15, 0.2) is 36.4 Å². The zero-order chi connectivity index (χ0) is 14.0. The molecule has 2 aromatic rings. The van der Waals surface area contributed by atoms with Gasteiger partial charge in [-0.3, -0.25) is 0 Å². The van der Waals surface area contributed by atoms with Crippen molar-refractivity contribution in [3.8, 4) is 11.1 Å². The Morgan fingerprint density at radius 2 is 1.89 bits per heavy atom. The van der Waals surface area contributed by atoms with Crippen molar-refractivity contribution >= 4 is 11.6 Å². The molecule has 2 nitrogen and oxygen atoms in total. The maximum atomic E-state index is 12.6. The highest BCUT2D eigenvalue weighted by atomic mass is 35.5. The summed E-state index contributed by atoms with van der Waals surface area (Å²) in [6.45, 7) is -0.275. The van der Waals surface area contributed by atoms with Crippen LogP contribution in [0.4, 0.5) is 13.2 Å². The Morgan fingerprint density at radius 1 is 1.16 bits per heavy atom. The fourth-order valence-electron chi connectivity index (χ4n) is 1.64. The minimum absolute atomic E-state index is 0.0610. The highest BCUT2D eigenvalue weighted by Crippen LogP contribution is 2.33. The summed E-state index contributed by atoms with van der Waals surface area (Å²) in [5, 5.41) is 8.97. The number of aliphatic hydroxyl groups excluding tert-OH is 1. The summed E-state index contributed by atoms with van der Waals surface area (Å²) in [4.78, 5) is 3.89. The van der Waals surface area contributed by atoms with Gasteiger partial charge in [0, 0.05) is 5.56 Å². The van der Waals surface area contributed by atoms with Crippen LogP contribution >= 0.6 is 11.6 Å². The summed E-state index contributed by atoms with van der Waals surface area (Å²) in [6, 6.07) is 7.90. The number of aromatic nitrogens is 1. The van der Waals surface area contributed by atoms with Gasteiger partial charge in [0.15, 0.2) is 0 Å². The van der Waals surface area contributed by atoms with Gasteiger partial charge in [0.05, 0.1) is 17.9 Å². The van der Waals surface area contributed by atoms with Crippen LogP contribution in [0, 0.1) is 0 Å². The average Bonchev–Trinajstić information content (AvgIpc) is 2.37. The molecular weight excluding hydrogens is 279 g/mol. The van der Waals surface area contributed by atoms with E-state index in [4.69, 9.17) is 16.7 Å². The molecule has 2 rings (SSSR count). The molecule has 6 heteroatoms. The van der Waals surface area contributed by atoms with E-state index in [1.54, 1.807) is 0 Å². The van der Waals surface area contributed by atoms with Crippen LogP contribution in [0.5, 0.6) is 0 Å². The molecule has 0 radical (unpaired) electrons. The highest BCUT2D eigenvalue weighted by molar-refractivity contribution is 6.32. The smallest absolute Gasteiger partial charge is 0.390 e. The van der Waals surface area contributed by atoms with Crippen molar-refractivity contribution in [2.75, 3.05) is 0 Å². The minimum atomic E-state index is -4.40. The molecule has 0 aliphatic heterocycles. The van der Waals surface area contributed by atoms with Crippen molar-refractivity contribution in [1.29, 1.82) is 0 Å². The van der Waals surface area contributed by atoms with Gasteiger partial charge in [-0.15, -0.1) is 0 Å². The number of aliphatic hydroxyl groups is 1. The van der Waals surface area contributed by atoms with E-state index in [0.717, 1.165) is 12.1 Å². The predicted octanol–water partition coefficient (Wildman–Crippen LogP) is 3.91. The van der Waals surface area contributed by atoms with Crippen LogP contribution in [-0.4, -0.2) is 10.1 Å². The van der Waals surface area contributed by atoms with E-state index < -0.39 is 11.7 Å². The van der Waals surface area contributed by atoms with Gasteiger partial charge in [0.25, 0.3) is 0 Å². The molecule has 19 heavy (non-hydrogen) atoms. The molecule has 1 N–H and O–H groups in total. The van der Waals surface area contributed by atoms with Gasteiger partial charge in [0.2, 0.25) is 0 Å². The first-order chi connectivity index (χ1) is 8.91. The molecule has 100 valence electrons. The third-order valence-corrected chi connectivity index (χ3v) is 2.86. The molecule has 0 fully saturated rings. The largest absolute Gasteiger partial charge is 0.416 e. The van der Waals surface area contributed by atoms with E-state index in [9.17, 15) is 13.2 Å². The molecule has 0 aliphatic carbocycles. The van der Waals surface area contributed by atoms with Gasteiger partial charge in [-0.05, 0) is 29.8 Å². The Kier molecular flexibility index (Phi) is 3.78. The number of halogens is 4. The zero-order valence-electron chi connectivity index (χ0n) is 9.58. The zero-order valence-corrected chi connectivity index (χ0v) is 10.3. The molecule has 1 aromatic carbocycles. The first kappa shape index (κ1) is 13.8. The van der Waals surface area contributed by atoms with Crippen LogP contribution in [0.25, 0.3) is 11.1 Å². The van der Waals surface area contributed by atoms with Gasteiger partial charge in [0.1, 0.15) is 5.15 Å². The molecule has 0 saturated carbocycles. The molecule has 0 atom stereocenters. The summed E-state index contributed by atoms with van der Waals surface area (Å²) in [7, 11) is 0. The second-order valence-electron chi connectivity index (χ2n) is 3.88. The third kappa shape index (κ3) is 3.05. The topological polar surface area (TPSA) is 33.1 Å². The van der Waals surface area contributed by atoms with E-state index in [0.29, 0.717) is 16.8 Å². The van der Waals surface area contributed by atoms with Crippen LogP contribution in [0.2, 0.25) is 5.15 Å². The molecule has 0 unspecified atom stereocenters. The van der Waals surface area contributed by atoms with Crippen molar-refractivity contribution in [2.45, 2.75) is 12.8 Å². The van der Waals surface area contributed by atoms with E-state index in [1.807, 2.05) is 0 Å². The number of alkyl halides is 3. The van der Waals surface area contributed by atoms with Crippen molar-refractivity contribution in [3.05, 3.63) is 52.8 Å². The fraction of sp³-hybridized carbons (Fsp3) is 0.154. The molecule has 0 spiro atoms. The van der Waals surface area contributed by atoms with Crippen molar-refractivity contribution in [1.82, 2.24) is 4.98 Å². The van der Waals surface area contributed by atoms with Crippen molar-refractivity contribution < 1.29 is 18.3 Å². The Hall–Kier alpha value is -1.59. The minimum Gasteiger partial charge on any atom is -0.390 e. The number of benzene rings is 1. The molecule has 0 bridgehead atoms. The summed E-state index contributed by atoms with van der Waals surface area (Å²) in [5.74, 6) is 0.